The second-order valence-electron chi connectivity index (χ2n) is 1.95. The maximum Gasteiger partial charge on any atom is 0.162 e. The SMILES string of the molecule is CC(=O)c1ccc[c]c1F. The van der Waals surface area contributed by atoms with E-state index in [9.17, 15) is 9.18 Å². The summed E-state index contributed by atoms with van der Waals surface area (Å²) in [5, 5.41) is 0. The second kappa shape index (κ2) is 2.60. The van der Waals surface area contributed by atoms with E-state index in [-0.39, 0.29) is 11.3 Å². The minimum atomic E-state index is -0.574. The Labute approximate surface area is 58.5 Å². The van der Waals surface area contributed by atoms with Gasteiger partial charge in [-0.15, -0.1) is 0 Å². The molecule has 0 saturated carbocycles. The number of hydrogen-bond donors (Lipinski definition) is 0. The van der Waals surface area contributed by atoms with Crippen molar-refractivity contribution in [1.82, 2.24) is 0 Å². The third-order valence-electron chi connectivity index (χ3n) is 1.18. The van der Waals surface area contributed by atoms with Gasteiger partial charge in [0.05, 0.1) is 5.56 Å². The van der Waals surface area contributed by atoms with E-state index in [1.54, 1.807) is 6.07 Å². The molecule has 0 spiro atoms. The molecule has 0 atom stereocenters. The molecule has 0 aromatic heterocycles. The average molecular weight is 137 g/mol. The Kier molecular flexibility index (Phi) is 1.81. The lowest BCUT2D eigenvalue weighted by Gasteiger charge is -1.93. The first-order valence-electron chi connectivity index (χ1n) is 2.89. The van der Waals surface area contributed by atoms with Crippen LogP contribution < -0.4 is 0 Å². The summed E-state index contributed by atoms with van der Waals surface area (Å²) < 4.78 is 12.6. The topological polar surface area (TPSA) is 17.1 Å². The lowest BCUT2D eigenvalue weighted by atomic mass is 10.1. The number of benzene rings is 1. The standard InChI is InChI=1S/C8H6FO/c1-6(10)7-4-2-3-5-8(7)9/h2-4H,1H3. The highest BCUT2D eigenvalue weighted by molar-refractivity contribution is 5.94. The first-order chi connectivity index (χ1) is 4.72. The Morgan fingerprint density at radius 2 is 2.40 bits per heavy atom. The molecule has 0 aliphatic heterocycles. The van der Waals surface area contributed by atoms with Gasteiger partial charge in [0.2, 0.25) is 0 Å². The Bertz CT molecular complexity index is 255. The molecule has 10 heavy (non-hydrogen) atoms. The lowest BCUT2D eigenvalue weighted by Crippen LogP contribution is -1.95. The summed E-state index contributed by atoms with van der Waals surface area (Å²) in [6, 6.07) is 6.75. The maximum atomic E-state index is 12.6. The van der Waals surface area contributed by atoms with E-state index >= 15 is 0 Å². The van der Waals surface area contributed by atoms with Gasteiger partial charge in [0.1, 0.15) is 5.82 Å². The predicted octanol–water partition coefficient (Wildman–Crippen LogP) is 1.83. The molecular formula is C8H6FO. The fraction of sp³-hybridized carbons (Fsp3) is 0.125. The number of halogens is 1. The fourth-order valence-corrected chi connectivity index (χ4v) is 0.688. The van der Waals surface area contributed by atoms with Gasteiger partial charge < -0.3 is 0 Å². The molecule has 1 aromatic carbocycles. The van der Waals surface area contributed by atoms with Gasteiger partial charge in [-0.1, -0.05) is 12.1 Å². The van der Waals surface area contributed by atoms with Crippen molar-refractivity contribution in [3.63, 3.8) is 0 Å². The minimum absolute atomic E-state index is 0.0995. The highest BCUT2D eigenvalue weighted by Gasteiger charge is 2.03. The van der Waals surface area contributed by atoms with Crippen LogP contribution in [0, 0.1) is 11.9 Å². The summed E-state index contributed by atoms with van der Waals surface area (Å²) in [6.45, 7) is 1.33. The molecule has 51 valence electrons. The Balaban J connectivity index is 3.15. The van der Waals surface area contributed by atoms with Gasteiger partial charge in [0.25, 0.3) is 0 Å². The van der Waals surface area contributed by atoms with Gasteiger partial charge in [0.15, 0.2) is 5.78 Å². The number of ketones is 1. The summed E-state index contributed by atoms with van der Waals surface area (Å²) >= 11 is 0. The van der Waals surface area contributed by atoms with Gasteiger partial charge >= 0.3 is 0 Å². The molecule has 0 saturated heterocycles. The van der Waals surface area contributed by atoms with Crippen LogP contribution in [0.15, 0.2) is 18.2 Å². The molecule has 0 aliphatic carbocycles. The molecule has 2 heteroatoms. The summed E-state index contributed by atoms with van der Waals surface area (Å²) in [5.74, 6) is -0.843. The van der Waals surface area contributed by atoms with Crippen molar-refractivity contribution in [1.29, 1.82) is 0 Å². The third-order valence-corrected chi connectivity index (χ3v) is 1.18. The molecule has 0 heterocycles. The minimum Gasteiger partial charge on any atom is -0.294 e. The van der Waals surface area contributed by atoms with Crippen molar-refractivity contribution in [3.8, 4) is 0 Å². The molecule has 0 fully saturated rings. The van der Waals surface area contributed by atoms with Gasteiger partial charge in [-0.25, -0.2) is 4.39 Å². The van der Waals surface area contributed by atoms with E-state index in [0.29, 0.717) is 0 Å². The normalized spacial score (nSPS) is 9.40. The van der Waals surface area contributed by atoms with Crippen molar-refractivity contribution < 1.29 is 9.18 Å². The van der Waals surface area contributed by atoms with Crippen LogP contribution in [-0.4, -0.2) is 5.78 Å². The Morgan fingerprint density at radius 1 is 1.70 bits per heavy atom. The van der Waals surface area contributed by atoms with Crippen molar-refractivity contribution in [2.24, 2.45) is 0 Å². The number of rotatable bonds is 1. The Hall–Kier alpha value is -1.18. The number of Topliss-reactive ketones (excluding diaryl/α,β-unsaturated/α-hetero) is 1. The molecule has 0 N–H and O–H groups in total. The number of hydrogen-bond acceptors (Lipinski definition) is 1. The van der Waals surface area contributed by atoms with E-state index in [1.165, 1.54) is 19.1 Å². The number of carbonyl (C=O) groups excluding carboxylic acids is 1. The maximum absolute atomic E-state index is 12.6. The van der Waals surface area contributed by atoms with Crippen LogP contribution in [0.3, 0.4) is 0 Å². The molecule has 0 amide bonds. The summed E-state index contributed by atoms with van der Waals surface area (Å²) in [7, 11) is 0. The van der Waals surface area contributed by atoms with Crippen molar-refractivity contribution in [2.75, 3.05) is 0 Å². The van der Waals surface area contributed by atoms with Crippen LogP contribution in [0.1, 0.15) is 17.3 Å². The molecule has 1 aromatic rings. The van der Waals surface area contributed by atoms with Crippen LogP contribution in [0.5, 0.6) is 0 Å². The largest absolute Gasteiger partial charge is 0.294 e. The van der Waals surface area contributed by atoms with E-state index < -0.39 is 5.82 Å². The zero-order valence-corrected chi connectivity index (χ0v) is 5.52. The molecular weight excluding hydrogens is 131 g/mol. The average Bonchev–Trinajstić information content (AvgIpc) is 1.88. The van der Waals surface area contributed by atoms with Gasteiger partial charge in [-0.3, -0.25) is 4.79 Å². The number of carbonyl (C=O) groups is 1. The van der Waals surface area contributed by atoms with Crippen LogP contribution >= 0.6 is 0 Å². The highest BCUT2D eigenvalue weighted by atomic mass is 19.1. The molecule has 0 aliphatic rings. The lowest BCUT2D eigenvalue weighted by molar-refractivity contribution is 0.101. The van der Waals surface area contributed by atoms with Gasteiger partial charge in [0, 0.05) is 6.07 Å². The molecule has 1 rings (SSSR count). The third kappa shape index (κ3) is 1.21. The van der Waals surface area contributed by atoms with E-state index in [1.807, 2.05) is 0 Å². The fourth-order valence-electron chi connectivity index (χ4n) is 0.688. The smallest absolute Gasteiger partial charge is 0.162 e. The van der Waals surface area contributed by atoms with Crippen molar-refractivity contribution in [2.45, 2.75) is 6.92 Å². The monoisotopic (exact) mass is 137 g/mol. The molecule has 0 bridgehead atoms. The van der Waals surface area contributed by atoms with Crippen molar-refractivity contribution in [3.05, 3.63) is 35.6 Å². The van der Waals surface area contributed by atoms with E-state index in [0.717, 1.165) is 0 Å². The summed E-state index contributed by atoms with van der Waals surface area (Å²) in [6.07, 6.45) is 0. The zero-order chi connectivity index (χ0) is 7.56. The molecule has 0 unspecified atom stereocenters. The van der Waals surface area contributed by atoms with E-state index in [2.05, 4.69) is 6.07 Å². The first-order valence-corrected chi connectivity index (χ1v) is 2.89. The van der Waals surface area contributed by atoms with Gasteiger partial charge in [-0.2, -0.15) is 0 Å². The first kappa shape index (κ1) is 6.93. The van der Waals surface area contributed by atoms with Crippen LogP contribution in [0.2, 0.25) is 0 Å². The zero-order valence-electron chi connectivity index (χ0n) is 5.52. The highest BCUT2D eigenvalue weighted by Crippen LogP contribution is 2.05. The second-order valence-corrected chi connectivity index (χ2v) is 1.95. The van der Waals surface area contributed by atoms with Crippen LogP contribution in [0.25, 0.3) is 0 Å². The van der Waals surface area contributed by atoms with E-state index in [4.69, 9.17) is 0 Å². The quantitative estimate of drug-likeness (QED) is 0.539. The van der Waals surface area contributed by atoms with Crippen molar-refractivity contribution >= 4 is 5.78 Å². The van der Waals surface area contributed by atoms with Crippen LogP contribution in [0.4, 0.5) is 4.39 Å². The molecule has 1 radical (unpaired) electrons. The summed E-state index contributed by atoms with van der Waals surface area (Å²) in [4.78, 5) is 10.6. The Morgan fingerprint density at radius 3 is 2.80 bits per heavy atom. The van der Waals surface area contributed by atoms with Crippen LogP contribution in [-0.2, 0) is 0 Å². The molecule has 1 nitrogen and oxygen atoms in total. The van der Waals surface area contributed by atoms with Gasteiger partial charge in [-0.05, 0) is 13.0 Å². The predicted molar refractivity (Wildman–Crippen MR) is 35.2 cm³/mol. The summed E-state index contributed by atoms with van der Waals surface area (Å²) in [5.41, 5.74) is 0.0995.